The van der Waals surface area contributed by atoms with Gasteiger partial charge in [0.1, 0.15) is 0 Å². The van der Waals surface area contributed by atoms with Crippen molar-refractivity contribution in [2.75, 3.05) is 0 Å². The number of hydrogen-bond donors (Lipinski definition) is 2. The van der Waals surface area contributed by atoms with Crippen LogP contribution >= 0.6 is 0 Å². The van der Waals surface area contributed by atoms with Crippen LogP contribution in [0.2, 0.25) is 0 Å². The molecule has 0 saturated heterocycles. The van der Waals surface area contributed by atoms with Gasteiger partial charge in [0, 0.05) is 5.92 Å². The van der Waals surface area contributed by atoms with Gasteiger partial charge in [0.15, 0.2) is 0 Å². The summed E-state index contributed by atoms with van der Waals surface area (Å²) in [4.78, 5) is 0. The van der Waals surface area contributed by atoms with Crippen LogP contribution < -0.4 is 0 Å². The van der Waals surface area contributed by atoms with Crippen LogP contribution in [0.4, 0.5) is 0 Å². The molecule has 3 nitrogen and oxygen atoms in total. The molecule has 2 N–H and O–H groups in total. The third-order valence-corrected chi connectivity index (χ3v) is 2.59. The van der Waals surface area contributed by atoms with E-state index < -0.39 is 0 Å². The van der Waals surface area contributed by atoms with Crippen molar-refractivity contribution in [2.45, 2.75) is 38.2 Å². The molecule has 1 aromatic heterocycles. The van der Waals surface area contributed by atoms with E-state index in [1.807, 2.05) is 6.07 Å². The molecule has 3 heteroatoms. The molecule has 1 aliphatic carbocycles. The lowest BCUT2D eigenvalue weighted by atomic mass is 10.0. The molecule has 12 heavy (non-hydrogen) atoms. The highest BCUT2D eigenvalue weighted by Gasteiger charge is 2.19. The summed E-state index contributed by atoms with van der Waals surface area (Å²) in [7, 11) is 0. The van der Waals surface area contributed by atoms with Gasteiger partial charge in [-0.2, -0.15) is 5.10 Å². The fourth-order valence-electron chi connectivity index (χ4n) is 1.89. The molecular formula is C9H14N2O. The Labute approximate surface area is 71.8 Å². The zero-order chi connectivity index (χ0) is 8.39. The quantitative estimate of drug-likeness (QED) is 0.700. The van der Waals surface area contributed by atoms with E-state index in [9.17, 15) is 0 Å². The lowest BCUT2D eigenvalue weighted by Crippen LogP contribution is -1.91. The van der Waals surface area contributed by atoms with Crippen LogP contribution in [0.1, 0.15) is 43.0 Å². The van der Waals surface area contributed by atoms with E-state index in [2.05, 4.69) is 10.2 Å². The van der Waals surface area contributed by atoms with Gasteiger partial charge in [-0.15, -0.1) is 0 Å². The summed E-state index contributed by atoms with van der Waals surface area (Å²) >= 11 is 0. The topological polar surface area (TPSA) is 48.9 Å². The second kappa shape index (κ2) is 3.27. The summed E-state index contributed by atoms with van der Waals surface area (Å²) in [5.41, 5.74) is 1.97. The number of H-pyrrole nitrogens is 1. The summed E-state index contributed by atoms with van der Waals surface area (Å²) in [6, 6.07) is 1.98. The molecule has 0 spiro atoms. The SMILES string of the molecule is OCc1cc(C2CCCC2)n[nH]1. The first-order valence-corrected chi connectivity index (χ1v) is 4.55. The van der Waals surface area contributed by atoms with E-state index in [4.69, 9.17) is 5.11 Å². The average Bonchev–Trinajstić information content (AvgIpc) is 2.75. The van der Waals surface area contributed by atoms with Crippen molar-refractivity contribution < 1.29 is 5.11 Å². The summed E-state index contributed by atoms with van der Waals surface area (Å²) in [6.45, 7) is 0.0692. The van der Waals surface area contributed by atoms with E-state index in [0.717, 1.165) is 11.4 Å². The van der Waals surface area contributed by atoms with Gasteiger partial charge in [-0.25, -0.2) is 0 Å². The van der Waals surface area contributed by atoms with Gasteiger partial charge in [0.25, 0.3) is 0 Å². The van der Waals surface area contributed by atoms with Crippen LogP contribution in [0.25, 0.3) is 0 Å². The minimum absolute atomic E-state index is 0.0692. The van der Waals surface area contributed by atoms with Crippen molar-refractivity contribution >= 4 is 0 Å². The van der Waals surface area contributed by atoms with Crippen LogP contribution in [0.5, 0.6) is 0 Å². The van der Waals surface area contributed by atoms with Gasteiger partial charge in [0.2, 0.25) is 0 Å². The van der Waals surface area contributed by atoms with Crippen molar-refractivity contribution in [3.05, 3.63) is 17.5 Å². The normalized spacial score (nSPS) is 18.8. The maximum absolute atomic E-state index is 8.82. The van der Waals surface area contributed by atoms with Gasteiger partial charge in [-0.1, -0.05) is 12.8 Å². The number of rotatable bonds is 2. The Kier molecular flexibility index (Phi) is 2.13. The van der Waals surface area contributed by atoms with E-state index in [1.54, 1.807) is 0 Å². The largest absolute Gasteiger partial charge is 0.390 e. The molecule has 1 aromatic rings. The van der Waals surface area contributed by atoms with E-state index in [-0.39, 0.29) is 6.61 Å². The van der Waals surface area contributed by atoms with Crippen molar-refractivity contribution in [2.24, 2.45) is 0 Å². The van der Waals surface area contributed by atoms with Gasteiger partial charge in [0.05, 0.1) is 18.0 Å². The standard InChI is InChI=1S/C9H14N2O/c12-6-8-5-9(11-10-8)7-3-1-2-4-7/h5,7,12H,1-4,6H2,(H,10,11). The summed E-state index contributed by atoms with van der Waals surface area (Å²) in [5, 5.41) is 15.8. The monoisotopic (exact) mass is 166 g/mol. The molecule has 2 rings (SSSR count). The number of aromatic nitrogens is 2. The molecule has 0 aliphatic heterocycles. The molecule has 0 radical (unpaired) electrons. The van der Waals surface area contributed by atoms with Crippen molar-refractivity contribution in [1.29, 1.82) is 0 Å². The molecular weight excluding hydrogens is 152 g/mol. The lowest BCUT2D eigenvalue weighted by Gasteiger charge is -2.01. The van der Waals surface area contributed by atoms with Crippen LogP contribution in [0.15, 0.2) is 6.07 Å². The lowest BCUT2D eigenvalue weighted by molar-refractivity contribution is 0.276. The molecule has 0 atom stereocenters. The molecule has 0 aromatic carbocycles. The zero-order valence-corrected chi connectivity index (χ0v) is 7.08. The van der Waals surface area contributed by atoms with Crippen LogP contribution in [0.3, 0.4) is 0 Å². The van der Waals surface area contributed by atoms with Crippen LogP contribution in [0, 0.1) is 0 Å². The molecule has 0 bridgehead atoms. The highest BCUT2D eigenvalue weighted by molar-refractivity contribution is 5.13. The Morgan fingerprint density at radius 1 is 1.50 bits per heavy atom. The highest BCUT2D eigenvalue weighted by atomic mass is 16.3. The highest BCUT2D eigenvalue weighted by Crippen LogP contribution is 2.32. The summed E-state index contributed by atoms with van der Waals surface area (Å²) < 4.78 is 0. The number of aromatic amines is 1. The van der Waals surface area contributed by atoms with Gasteiger partial charge < -0.3 is 5.11 Å². The molecule has 1 fully saturated rings. The second-order valence-electron chi connectivity index (χ2n) is 3.46. The van der Waals surface area contributed by atoms with Crippen molar-refractivity contribution in [3.8, 4) is 0 Å². The number of hydrogen-bond acceptors (Lipinski definition) is 2. The number of aliphatic hydroxyl groups is 1. The second-order valence-corrected chi connectivity index (χ2v) is 3.46. The maximum Gasteiger partial charge on any atom is 0.0847 e. The Morgan fingerprint density at radius 2 is 2.25 bits per heavy atom. The maximum atomic E-state index is 8.82. The smallest absolute Gasteiger partial charge is 0.0847 e. The van der Waals surface area contributed by atoms with Gasteiger partial charge in [-0.05, 0) is 18.9 Å². The van der Waals surface area contributed by atoms with Crippen molar-refractivity contribution in [3.63, 3.8) is 0 Å². The van der Waals surface area contributed by atoms with Crippen LogP contribution in [-0.2, 0) is 6.61 Å². The molecule has 1 saturated carbocycles. The first-order valence-electron chi connectivity index (χ1n) is 4.55. The Bertz CT molecular complexity index is 251. The third kappa shape index (κ3) is 1.37. The van der Waals surface area contributed by atoms with E-state index in [1.165, 1.54) is 25.7 Å². The predicted molar refractivity (Wildman–Crippen MR) is 45.7 cm³/mol. The van der Waals surface area contributed by atoms with Gasteiger partial charge in [-0.3, -0.25) is 5.10 Å². The Balaban J connectivity index is 2.11. The summed E-state index contributed by atoms with van der Waals surface area (Å²) in [5.74, 6) is 0.640. The van der Waals surface area contributed by atoms with Gasteiger partial charge >= 0.3 is 0 Å². The first kappa shape index (κ1) is 7.80. The zero-order valence-electron chi connectivity index (χ0n) is 7.08. The Morgan fingerprint density at radius 3 is 2.83 bits per heavy atom. The predicted octanol–water partition coefficient (Wildman–Crippen LogP) is 1.56. The van der Waals surface area contributed by atoms with Crippen molar-refractivity contribution in [1.82, 2.24) is 10.2 Å². The molecule has 1 aliphatic rings. The average molecular weight is 166 g/mol. The minimum Gasteiger partial charge on any atom is -0.390 e. The minimum atomic E-state index is 0.0692. The number of nitrogens with one attached hydrogen (secondary N) is 1. The fourth-order valence-corrected chi connectivity index (χ4v) is 1.89. The van der Waals surface area contributed by atoms with E-state index in [0.29, 0.717) is 5.92 Å². The third-order valence-electron chi connectivity index (χ3n) is 2.59. The van der Waals surface area contributed by atoms with E-state index >= 15 is 0 Å². The molecule has 1 heterocycles. The number of aliphatic hydroxyl groups excluding tert-OH is 1. The molecule has 66 valence electrons. The molecule has 0 unspecified atom stereocenters. The molecule has 0 amide bonds. The van der Waals surface area contributed by atoms with Crippen LogP contribution in [-0.4, -0.2) is 15.3 Å². The first-order chi connectivity index (χ1) is 5.90. The fraction of sp³-hybridized carbons (Fsp3) is 0.667. The Hall–Kier alpha value is -0.830. The number of nitrogens with zero attached hydrogens (tertiary/aromatic N) is 1. The summed E-state index contributed by atoms with van der Waals surface area (Å²) in [6.07, 6.45) is 5.17.